The molecule has 0 amide bonds. The van der Waals surface area contributed by atoms with E-state index in [-0.39, 0.29) is 24.5 Å². The third kappa shape index (κ3) is 3.98. The molecular weight excluding hydrogens is 456 g/mol. The molecular formula is C28H24N4O4. The van der Waals surface area contributed by atoms with Gasteiger partial charge in [0.05, 0.1) is 53.8 Å². The third-order valence-electron chi connectivity index (χ3n) is 6.28. The molecule has 0 aromatic heterocycles. The molecule has 2 atom stereocenters. The molecule has 0 heterocycles. The average molecular weight is 481 g/mol. The van der Waals surface area contributed by atoms with Crippen LogP contribution < -0.4 is 5.73 Å². The Morgan fingerprint density at radius 2 is 1.56 bits per heavy atom. The number of ether oxygens (including phenoxy) is 2. The van der Waals surface area contributed by atoms with Crippen LogP contribution in [0.25, 0.3) is 5.57 Å². The Hall–Kier alpha value is -4.87. The molecule has 0 spiro atoms. The molecule has 180 valence electrons. The summed E-state index contributed by atoms with van der Waals surface area (Å²) in [5.74, 6) is -1.75. The van der Waals surface area contributed by atoms with E-state index in [0.717, 1.165) is 0 Å². The topological polar surface area (TPSA) is 150 Å². The van der Waals surface area contributed by atoms with Crippen LogP contribution in [0.3, 0.4) is 0 Å². The quantitative estimate of drug-likeness (QED) is 0.616. The molecule has 2 aromatic rings. The third-order valence-corrected chi connectivity index (χ3v) is 6.28. The first-order chi connectivity index (χ1) is 17.2. The van der Waals surface area contributed by atoms with Crippen LogP contribution >= 0.6 is 0 Å². The number of hydrogen-bond donors (Lipinski definition) is 1. The van der Waals surface area contributed by atoms with Crippen LogP contribution in [-0.4, -0.2) is 25.2 Å². The number of hydrogen-bond acceptors (Lipinski definition) is 8. The van der Waals surface area contributed by atoms with Gasteiger partial charge in [-0.2, -0.15) is 15.8 Å². The summed E-state index contributed by atoms with van der Waals surface area (Å²) in [6, 6.07) is 19.2. The van der Waals surface area contributed by atoms with Crippen LogP contribution in [0.15, 0.2) is 65.9 Å². The van der Waals surface area contributed by atoms with E-state index < -0.39 is 22.8 Å². The van der Waals surface area contributed by atoms with Gasteiger partial charge in [-0.1, -0.05) is 30.3 Å². The summed E-state index contributed by atoms with van der Waals surface area (Å²) < 4.78 is 10.6. The second kappa shape index (κ2) is 10.2. The van der Waals surface area contributed by atoms with Crippen molar-refractivity contribution in [1.82, 2.24) is 0 Å². The summed E-state index contributed by atoms with van der Waals surface area (Å²) in [4.78, 5) is 26.7. The lowest BCUT2D eigenvalue weighted by Gasteiger charge is -2.45. The maximum atomic E-state index is 13.5. The van der Waals surface area contributed by atoms with Gasteiger partial charge in [0.15, 0.2) is 0 Å². The van der Waals surface area contributed by atoms with Crippen LogP contribution in [0, 0.1) is 39.4 Å². The number of carbonyl (C=O) groups excluding carboxylic acids is 2. The molecule has 0 saturated carbocycles. The minimum Gasteiger partial charge on any atom is -0.464 e. The Bertz CT molecular complexity index is 1420. The number of nitrogens with zero attached hydrogens (tertiary/aromatic N) is 3. The molecule has 8 heteroatoms. The molecule has 2 unspecified atom stereocenters. The average Bonchev–Trinajstić information content (AvgIpc) is 2.89. The van der Waals surface area contributed by atoms with E-state index in [9.17, 15) is 25.4 Å². The lowest BCUT2D eigenvalue weighted by Crippen LogP contribution is -2.54. The van der Waals surface area contributed by atoms with Gasteiger partial charge < -0.3 is 15.2 Å². The number of nitrogens with two attached hydrogens (primary N) is 1. The molecule has 0 aliphatic heterocycles. The minimum absolute atomic E-state index is 0.0284. The van der Waals surface area contributed by atoms with Gasteiger partial charge >= 0.3 is 11.9 Å². The van der Waals surface area contributed by atoms with E-state index in [1.165, 1.54) is 0 Å². The van der Waals surface area contributed by atoms with E-state index in [1.807, 2.05) is 0 Å². The summed E-state index contributed by atoms with van der Waals surface area (Å²) >= 11 is 0. The standard InChI is InChI=1S/C28H24N4O4/c1-4-35-25(33)23-22(20-10-6-8-18(12-20)15-29)14-27(3,21-11-7-9-19(13-21)16-30)28(17-31,24(23)32)26(34)36-5-2/h6-14H,4-5,32H2,1-3H3. The van der Waals surface area contributed by atoms with E-state index in [1.54, 1.807) is 75.4 Å². The molecule has 0 bridgehead atoms. The molecule has 2 aromatic carbocycles. The molecule has 1 aliphatic carbocycles. The lowest BCUT2D eigenvalue weighted by atomic mass is 9.55. The number of esters is 2. The zero-order valence-electron chi connectivity index (χ0n) is 20.2. The first kappa shape index (κ1) is 25.7. The zero-order chi connectivity index (χ0) is 26.5. The van der Waals surface area contributed by atoms with Crippen LogP contribution in [-0.2, 0) is 24.5 Å². The van der Waals surface area contributed by atoms with Crippen LogP contribution in [0.4, 0.5) is 0 Å². The largest absolute Gasteiger partial charge is 0.464 e. The number of carbonyl (C=O) groups is 2. The van der Waals surface area contributed by atoms with Crippen molar-refractivity contribution >= 4 is 17.5 Å². The lowest BCUT2D eigenvalue weighted by molar-refractivity contribution is -0.152. The second-order valence-corrected chi connectivity index (χ2v) is 8.24. The monoisotopic (exact) mass is 480 g/mol. The number of rotatable bonds is 6. The summed E-state index contributed by atoms with van der Waals surface area (Å²) in [6.45, 7) is 4.85. The van der Waals surface area contributed by atoms with Gasteiger partial charge in [-0.15, -0.1) is 0 Å². The van der Waals surface area contributed by atoms with E-state index in [4.69, 9.17) is 15.2 Å². The van der Waals surface area contributed by atoms with Gasteiger partial charge in [0, 0.05) is 5.41 Å². The van der Waals surface area contributed by atoms with Gasteiger partial charge in [0.1, 0.15) is 0 Å². The maximum Gasteiger partial charge on any atom is 0.340 e. The fourth-order valence-electron chi connectivity index (χ4n) is 4.48. The Morgan fingerprint density at radius 1 is 0.944 bits per heavy atom. The highest BCUT2D eigenvalue weighted by Gasteiger charge is 2.61. The van der Waals surface area contributed by atoms with Gasteiger partial charge in [0.25, 0.3) is 0 Å². The first-order valence-electron chi connectivity index (χ1n) is 11.2. The summed E-state index contributed by atoms with van der Waals surface area (Å²) in [5, 5.41) is 29.5. The highest BCUT2D eigenvalue weighted by atomic mass is 16.5. The van der Waals surface area contributed by atoms with E-state index >= 15 is 0 Å². The van der Waals surface area contributed by atoms with Gasteiger partial charge in [-0.25, -0.2) is 9.59 Å². The molecule has 8 nitrogen and oxygen atoms in total. The van der Waals surface area contributed by atoms with E-state index in [2.05, 4.69) is 18.2 Å². The fourth-order valence-corrected chi connectivity index (χ4v) is 4.48. The van der Waals surface area contributed by atoms with Crippen molar-refractivity contribution in [2.75, 3.05) is 13.2 Å². The summed E-state index contributed by atoms with van der Waals surface area (Å²) in [5.41, 5.74) is 4.34. The van der Waals surface area contributed by atoms with Crippen molar-refractivity contribution in [3.8, 4) is 18.2 Å². The van der Waals surface area contributed by atoms with Gasteiger partial charge in [-0.3, -0.25) is 0 Å². The van der Waals surface area contributed by atoms with Crippen molar-refractivity contribution in [3.63, 3.8) is 0 Å². The first-order valence-corrected chi connectivity index (χ1v) is 11.2. The molecule has 0 saturated heterocycles. The summed E-state index contributed by atoms with van der Waals surface area (Å²) in [7, 11) is 0. The molecule has 0 fully saturated rings. The fraction of sp³-hybridized carbons (Fsp3) is 0.250. The van der Waals surface area contributed by atoms with Crippen LogP contribution in [0.1, 0.15) is 43.0 Å². The molecule has 1 aliphatic rings. The van der Waals surface area contributed by atoms with Crippen molar-refractivity contribution in [1.29, 1.82) is 15.8 Å². The highest BCUT2D eigenvalue weighted by molar-refractivity contribution is 6.10. The smallest absolute Gasteiger partial charge is 0.340 e. The number of allylic oxidation sites excluding steroid dienone is 1. The van der Waals surface area contributed by atoms with Gasteiger partial charge in [0.2, 0.25) is 5.41 Å². The normalized spacial score (nSPS) is 20.8. The number of benzene rings is 2. The SMILES string of the molecule is CCOC(=O)C1=C(N)C(C#N)(C(=O)OCC)C(C)(c2cccc(C#N)c2)C=C1c1cccc(C#N)c1. The Balaban J connectivity index is 2.51. The molecule has 36 heavy (non-hydrogen) atoms. The van der Waals surface area contributed by atoms with Crippen molar-refractivity contribution in [2.45, 2.75) is 26.2 Å². The number of nitriles is 3. The maximum absolute atomic E-state index is 13.5. The van der Waals surface area contributed by atoms with Crippen molar-refractivity contribution in [3.05, 3.63) is 88.1 Å². The molecule has 2 N–H and O–H groups in total. The van der Waals surface area contributed by atoms with Crippen molar-refractivity contribution < 1.29 is 19.1 Å². The van der Waals surface area contributed by atoms with Crippen LogP contribution in [0.2, 0.25) is 0 Å². The zero-order valence-corrected chi connectivity index (χ0v) is 20.2. The Morgan fingerprint density at radius 3 is 2.14 bits per heavy atom. The molecule has 3 rings (SSSR count). The van der Waals surface area contributed by atoms with E-state index in [0.29, 0.717) is 27.8 Å². The Labute approximate surface area is 209 Å². The predicted octanol–water partition coefficient (Wildman–Crippen LogP) is 3.63. The molecule has 0 radical (unpaired) electrons. The van der Waals surface area contributed by atoms with Crippen LogP contribution in [0.5, 0.6) is 0 Å². The Kier molecular flexibility index (Phi) is 7.28. The van der Waals surface area contributed by atoms with Crippen molar-refractivity contribution in [2.24, 2.45) is 11.1 Å². The summed E-state index contributed by atoms with van der Waals surface area (Å²) in [6.07, 6.45) is 1.60. The predicted molar refractivity (Wildman–Crippen MR) is 130 cm³/mol. The van der Waals surface area contributed by atoms with Gasteiger partial charge in [-0.05, 0) is 61.7 Å². The minimum atomic E-state index is -2.16. The highest BCUT2D eigenvalue weighted by Crippen LogP contribution is 2.54. The second-order valence-electron chi connectivity index (χ2n) is 8.24.